The van der Waals surface area contributed by atoms with Gasteiger partial charge in [0.05, 0.1) is 22.9 Å². The lowest BCUT2D eigenvalue weighted by Gasteiger charge is -2.29. The highest BCUT2D eigenvalue weighted by molar-refractivity contribution is 7.99. The molecule has 4 rings (SSSR count). The molecule has 1 aromatic heterocycles. The molecule has 0 bridgehead atoms. The SMILES string of the molecule is CC(C)CN(C(=O)CSc1nc(C2CCCCC2)n(-c2ccccc2)n1)C1CCS(=O)(=O)C1. The van der Waals surface area contributed by atoms with Gasteiger partial charge in [0, 0.05) is 18.5 Å². The summed E-state index contributed by atoms with van der Waals surface area (Å²) in [5.41, 5.74) is 0.987. The van der Waals surface area contributed by atoms with Crippen molar-refractivity contribution in [3.05, 3.63) is 36.2 Å². The van der Waals surface area contributed by atoms with Crippen molar-refractivity contribution < 1.29 is 13.2 Å². The monoisotopic (exact) mass is 490 g/mol. The van der Waals surface area contributed by atoms with Crippen LogP contribution in [0, 0.1) is 5.92 Å². The molecule has 1 amide bonds. The molecule has 1 aliphatic heterocycles. The minimum Gasteiger partial charge on any atom is -0.338 e. The number of rotatable bonds is 8. The number of aromatic nitrogens is 3. The fraction of sp³-hybridized carbons (Fsp3) is 0.625. The van der Waals surface area contributed by atoms with E-state index in [1.165, 1.54) is 31.0 Å². The maximum Gasteiger partial charge on any atom is 0.233 e. The van der Waals surface area contributed by atoms with E-state index in [1.807, 2.05) is 35.0 Å². The van der Waals surface area contributed by atoms with Gasteiger partial charge < -0.3 is 4.90 Å². The molecule has 1 aromatic carbocycles. The molecule has 7 nitrogen and oxygen atoms in total. The number of benzene rings is 1. The predicted molar refractivity (Wildman–Crippen MR) is 132 cm³/mol. The molecule has 2 heterocycles. The van der Waals surface area contributed by atoms with Crippen LogP contribution in [0.3, 0.4) is 0 Å². The molecule has 1 atom stereocenters. The predicted octanol–water partition coefficient (Wildman–Crippen LogP) is 4.08. The molecule has 1 saturated heterocycles. The first-order chi connectivity index (χ1) is 15.8. The largest absolute Gasteiger partial charge is 0.338 e. The molecule has 33 heavy (non-hydrogen) atoms. The summed E-state index contributed by atoms with van der Waals surface area (Å²) in [6.45, 7) is 4.67. The second-order valence-electron chi connectivity index (χ2n) is 9.62. The van der Waals surface area contributed by atoms with E-state index in [0.717, 1.165) is 24.4 Å². The van der Waals surface area contributed by atoms with Crippen molar-refractivity contribution in [2.75, 3.05) is 23.8 Å². The Hall–Kier alpha value is -1.87. The van der Waals surface area contributed by atoms with E-state index in [0.29, 0.717) is 24.0 Å². The summed E-state index contributed by atoms with van der Waals surface area (Å²) in [7, 11) is -3.05. The highest BCUT2D eigenvalue weighted by Gasteiger charge is 2.35. The van der Waals surface area contributed by atoms with Crippen LogP contribution in [0.15, 0.2) is 35.5 Å². The van der Waals surface area contributed by atoms with Crippen LogP contribution in [0.25, 0.3) is 5.69 Å². The number of hydrogen-bond donors (Lipinski definition) is 0. The fourth-order valence-electron chi connectivity index (χ4n) is 4.83. The summed E-state index contributed by atoms with van der Waals surface area (Å²) >= 11 is 1.35. The van der Waals surface area contributed by atoms with E-state index >= 15 is 0 Å². The smallest absolute Gasteiger partial charge is 0.233 e. The summed E-state index contributed by atoms with van der Waals surface area (Å²) < 4.78 is 25.9. The molecule has 2 aromatic rings. The molecule has 0 radical (unpaired) electrons. The van der Waals surface area contributed by atoms with E-state index in [-0.39, 0.29) is 35.1 Å². The number of thioether (sulfide) groups is 1. The molecule has 1 unspecified atom stereocenters. The minimum atomic E-state index is -3.05. The van der Waals surface area contributed by atoms with E-state index in [2.05, 4.69) is 13.8 Å². The van der Waals surface area contributed by atoms with Gasteiger partial charge in [-0.25, -0.2) is 18.1 Å². The number of para-hydroxylation sites is 1. The van der Waals surface area contributed by atoms with Gasteiger partial charge in [-0.05, 0) is 37.3 Å². The number of hydrogen-bond acceptors (Lipinski definition) is 6. The number of nitrogens with zero attached hydrogens (tertiary/aromatic N) is 4. The van der Waals surface area contributed by atoms with Crippen LogP contribution in [-0.2, 0) is 14.6 Å². The first-order valence-corrected chi connectivity index (χ1v) is 14.8. The van der Waals surface area contributed by atoms with Crippen LogP contribution in [0.2, 0.25) is 0 Å². The van der Waals surface area contributed by atoms with Gasteiger partial charge in [-0.3, -0.25) is 4.79 Å². The lowest BCUT2D eigenvalue weighted by Crippen LogP contribution is -2.44. The van der Waals surface area contributed by atoms with Crippen molar-refractivity contribution >= 4 is 27.5 Å². The highest BCUT2D eigenvalue weighted by atomic mass is 32.2. The Morgan fingerprint density at radius 3 is 2.52 bits per heavy atom. The number of sulfone groups is 1. The average molecular weight is 491 g/mol. The summed E-state index contributed by atoms with van der Waals surface area (Å²) in [5, 5.41) is 5.38. The quantitative estimate of drug-likeness (QED) is 0.519. The lowest BCUT2D eigenvalue weighted by molar-refractivity contribution is -0.130. The van der Waals surface area contributed by atoms with Crippen molar-refractivity contribution in [3.63, 3.8) is 0 Å². The number of carbonyl (C=O) groups is 1. The molecule has 0 spiro atoms. The molecule has 1 saturated carbocycles. The number of carbonyl (C=O) groups excluding carboxylic acids is 1. The summed E-state index contributed by atoms with van der Waals surface area (Å²) in [6.07, 6.45) is 6.45. The van der Waals surface area contributed by atoms with Gasteiger partial charge in [-0.15, -0.1) is 5.10 Å². The van der Waals surface area contributed by atoms with Crippen molar-refractivity contribution in [3.8, 4) is 5.69 Å². The Morgan fingerprint density at radius 2 is 1.88 bits per heavy atom. The lowest BCUT2D eigenvalue weighted by atomic mass is 9.88. The third-order valence-corrected chi connectivity index (χ3v) is 9.01. The second-order valence-corrected chi connectivity index (χ2v) is 12.8. The van der Waals surface area contributed by atoms with Crippen LogP contribution in [0.1, 0.15) is 64.1 Å². The number of amides is 1. The van der Waals surface area contributed by atoms with Gasteiger partial charge in [-0.2, -0.15) is 0 Å². The first kappa shape index (κ1) is 24.3. The zero-order chi connectivity index (χ0) is 23.4. The third-order valence-electron chi connectivity index (χ3n) is 6.44. The van der Waals surface area contributed by atoms with Crippen molar-refractivity contribution in [1.82, 2.24) is 19.7 Å². The molecule has 1 aliphatic carbocycles. The zero-order valence-corrected chi connectivity index (χ0v) is 21.2. The molecular formula is C24H34N4O3S2. The minimum absolute atomic E-state index is 0.0360. The van der Waals surface area contributed by atoms with Crippen LogP contribution < -0.4 is 0 Å². The van der Waals surface area contributed by atoms with E-state index in [1.54, 1.807) is 4.90 Å². The molecule has 180 valence electrons. The molecule has 2 aliphatic rings. The van der Waals surface area contributed by atoms with Crippen molar-refractivity contribution in [1.29, 1.82) is 0 Å². The Bertz CT molecular complexity index is 1050. The summed E-state index contributed by atoms with van der Waals surface area (Å²) in [5.74, 6) is 2.06. The standard InChI is InChI=1S/C24H34N4O3S2/c1-18(2)15-27(21-13-14-33(30,31)17-21)22(29)16-32-24-25-23(19-9-5-3-6-10-19)28(26-24)20-11-7-4-8-12-20/h4,7-8,11-12,18-19,21H,3,5-6,9-10,13-17H2,1-2H3. The maximum atomic E-state index is 13.2. The average Bonchev–Trinajstić information content (AvgIpc) is 3.40. The zero-order valence-electron chi connectivity index (χ0n) is 19.5. The Morgan fingerprint density at radius 1 is 1.15 bits per heavy atom. The third kappa shape index (κ3) is 6.18. The second kappa shape index (κ2) is 10.6. The van der Waals surface area contributed by atoms with Crippen molar-refractivity contribution in [2.24, 2.45) is 5.92 Å². The van der Waals surface area contributed by atoms with E-state index in [4.69, 9.17) is 10.1 Å². The van der Waals surface area contributed by atoms with Gasteiger partial charge in [0.15, 0.2) is 9.84 Å². The van der Waals surface area contributed by atoms with Crippen LogP contribution in [-0.4, -0.2) is 63.8 Å². The topological polar surface area (TPSA) is 85.2 Å². The fourth-order valence-corrected chi connectivity index (χ4v) is 7.27. The Labute approximate surface area is 201 Å². The van der Waals surface area contributed by atoms with Gasteiger partial charge in [-0.1, -0.05) is 63.1 Å². The van der Waals surface area contributed by atoms with Crippen molar-refractivity contribution in [2.45, 2.75) is 69.5 Å². The van der Waals surface area contributed by atoms with Gasteiger partial charge in [0.1, 0.15) is 5.82 Å². The molecule has 0 N–H and O–H groups in total. The van der Waals surface area contributed by atoms with E-state index in [9.17, 15) is 13.2 Å². The Balaban J connectivity index is 1.50. The maximum absolute atomic E-state index is 13.2. The Kier molecular flexibility index (Phi) is 7.79. The molecular weight excluding hydrogens is 456 g/mol. The van der Waals surface area contributed by atoms with E-state index < -0.39 is 9.84 Å². The highest BCUT2D eigenvalue weighted by Crippen LogP contribution is 2.34. The van der Waals surface area contributed by atoms with Gasteiger partial charge in [0.2, 0.25) is 11.1 Å². The first-order valence-electron chi connectivity index (χ1n) is 12.0. The van der Waals surface area contributed by atoms with Gasteiger partial charge in [0.25, 0.3) is 0 Å². The van der Waals surface area contributed by atoms with Crippen LogP contribution >= 0.6 is 11.8 Å². The summed E-state index contributed by atoms with van der Waals surface area (Å²) in [4.78, 5) is 19.8. The molecule has 2 fully saturated rings. The van der Waals surface area contributed by atoms with Crippen LogP contribution in [0.4, 0.5) is 0 Å². The van der Waals surface area contributed by atoms with Crippen LogP contribution in [0.5, 0.6) is 0 Å². The summed E-state index contributed by atoms with van der Waals surface area (Å²) in [6, 6.07) is 9.83. The normalized spacial score (nSPS) is 20.9. The molecule has 9 heteroatoms. The van der Waals surface area contributed by atoms with Gasteiger partial charge >= 0.3 is 0 Å².